The standard InChI is InChI=1S/C30H33N3O/c1-15-7-10-22(27(31)18(15)4)21-13-25(23-11-8-16(2)19(5)28(23)32)30(34)26(14-21)24-12-9-17(3)20(6)29(24)33/h7-14,34H,31-33H2,1-6H3. The van der Waals surface area contributed by atoms with Gasteiger partial charge >= 0.3 is 0 Å². The molecule has 0 radical (unpaired) electrons. The molecule has 0 saturated heterocycles. The summed E-state index contributed by atoms with van der Waals surface area (Å²) in [5, 5.41) is 11.6. The van der Waals surface area contributed by atoms with Crippen LogP contribution in [0.25, 0.3) is 33.4 Å². The summed E-state index contributed by atoms with van der Waals surface area (Å²) in [4.78, 5) is 0. The van der Waals surface area contributed by atoms with Crippen LogP contribution in [-0.2, 0) is 0 Å². The van der Waals surface area contributed by atoms with Crippen LogP contribution < -0.4 is 17.2 Å². The van der Waals surface area contributed by atoms with Crippen LogP contribution >= 0.6 is 0 Å². The molecule has 0 heterocycles. The molecule has 4 heteroatoms. The highest BCUT2D eigenvalue weighted by Gasteiger charge is 2.20. The zero-order chi connectivity index (χ0) is 24.9. The number of phenolic OH excluding ortho intramolecular Hbond substituents is 1. The first-order valence-electron chi connectivity index (χ1n) is 11.5. The van der Waals surface area contributed by atoms with Crippen LogP contribution in [0.4, 0.5) is 17.1 Å². The lowest BCUT2D eigenvalue weighted by molar-refractivity contribution is 0.479. The molecule has 0 aromatic heterocycles. The minimum atomic E-state index is 0.149. The number of phenols is 1. The van der Waals surface area contributed by atoms with Gasteiger partial charge in [0.1, 0.15) is 5.75 Å². The Labute approximate surface area is 202 Å². The second-order valence-corrected chi connectivity index (χ2v) is 9.33. The van der Waals surface area contributed by atoms with Crippen molar-refractivity contribution in [1.82, 2.24) is 0 Å². The molecule has 0 spiro atoms. The van der Waals surface area contributed by atoms with Gasteiger partial charge in [-0.05, 0) is 92.6 Å². The van der Waals surface area contributed by atoms with Crippen LogP contribution in [0.2, 0.25) is 0 Å². The summed E-state index contributed by atoms with van der Waals surface area (Å²) in [6.07, 6.45) is 0. The molecule has 0 saturated carbocycles. The summed E-state index contributed by atoms with van der Waals surface area (Å²) in [5.74, 6) is 0.149. The topological polar surface area (TPSA) is 98.3 Å². The van der Waals surface area contributed by atoms with Crippen LogP contribution in [0.15, 0.2) is 48.5 Å². The summed E-state index contributed by atoms with van der Waals surface area (Å²) >= 11 is 0. The molecule has 0 fully saturated rings. The van der Waals surface area contributed by atoms with Crippen molar-refractivity contribution >= 4 is 17.1 Å². The van der Waals surface area contributed by atoms with E-state index in [0.717, 1.165) is 61.3 Å². The van der Waals surface area contributed by atoms with E-state index in [0.29, 0.717) is 22.5 Å². The Morgan fingerprint density at radius 3 is 1.18 bits per heavy atom. The van der Waals surface area contributed by atoms with Crippen molar-refractivity contribution in [2.45, 2.75) is 41.5 Å². The Morgan fingerprint density at radius 2 is 0.794 bits per heavy atom. The number of hydrogen-bond donors (Lipinski definition) is 4. The lowest BCUT2D eigenvalue weighted by atomic mass is 9.87. The van der Waals surface area contributed by atoms with Crippen molar-refractivity contribution in [2.75, 3.05) is 17.2 Å². The molecular formula is C30H33N3O. The Morgan fingerprint density at radius 1 is 0.471 bits per heavy atom. The number of hydrogen-bond acceptors (Lipinski definition) is 4. The molecule has 0 aliphatic rings. The molecule has 4 aromatic rings. The SMILES string of the molecule is Cc1ccc(-c2cc(-c3ccc(C)c(C)c3N)c(O)c(-c3ccc(C)c(C)c3N)c2)c(N)c1C. The molecular weight excluding hydrogens is 418 g/mol. The van der Waals surface area contributed by atoms with Crippen molar-refractivity contribution in [2.24, 2.45) is 0 Å². The van der Waals surface area contributed by atoms with Gasteiger partial charge < -0.3 is 22.3 Å². The van der Waals surface area contributed by atoms with E-state index in [2.05, 4.69) is 13.0 Å². The van der Waals surface area contributed by atoms with Gasteiger partial charge in [-0.25, -0.2) is 0 Å². The van der Waals surface area contributed by atoms with Gasteiger partial charge in [-0.15, -0.1) is 0 Å². The molecule has 4 nitrogen and oxygen atoms in total. The van der Waals surface area contributed by atoms with Crippen LogP contribution in [0.5, 0.6) is 5.75 Å². The van der Waals surface area contributed by atoms with Crippen molar-refractivity contribution in [3.63, 3.8) is 0 Å². The minimum Gasteiger partial charge on any atom is -0.507 e. The molecule has 0 aliphatic carbocycles. The fourth-order valence-corrected chi connectivity index (χ4v) is 4.43. The smallest absolute Gasteiger partial charge is 0.131 e. The average molecular weight is 452 g/mol. The van der Waals surface area contributed by atoms with Gasteiger partial charge in [0.25, 0.3) is 0 Å². The first kappa shape index (κ1) is 23.2. The molecule has 0 aliphatic heterocycles. The molecule has 0 atom stereocenters. The highest BCUT2D eigenvalue weighted by molar-refractivity contribution is 5.96. The molecule has 0 amide bonds. The predicted octanol–water partition coefficient (Wildman–Crippen LogP) is 6.99. The molecule has 34 heavy (non-hydrogen) atoms. The van der Waals surface area contributed by atoms with Crippen LogP contribution in [-0.4, -0.2) is 5.11 Å². The van der Waals surface area contributed by atoms with Crippen LogP contribution in [0.1, 0.15) is 33.4 Å². The summed E-state index contributed by atoms with van der Waals surface area (Å²) in [6, 6.07) is 16.0. The number of nitrogens with two attached hydrogens (primary N) is 3. The third-order valence-corrected chi connectivity index (χ3v) is 7.36. The van der Waals surface area contributed by atoms with Crippen molar-refractivity contribution in [1.29, 1.82) is 0 Å². The van der Waals surface area contributed by atoms with Gasteiger partial charge in [-0.3, -0.25) is 0 Å². The zero-order valence-electron chi connectivity index (χ0n) is 20.8. The van der Waals surface area contributed by atoms with Gasteiger partial charge in [-0.2, -0.15) is 0 Å². The van der Waals surface area contributed by atoms with E-state index in [9.17, 15) is 5.11 Å². The van der Waals surface area contributed by atoms with E-state index < -0.39 is 0 Å². The number of anilines is 3. The molecule has 7 N–H and O–H groups in total. The summed E-state index contributed by atoms with van der Waals surface area (Å²) in [7, 11) is 0. The highest BCUT2D eigenvalue weighted by Crippen LogP contribution is 2.47. The van der Waals surface area contributed by atoms with Crippen LogP contribution in [0, 0.1) is 41.5 Å². The molecule has 0 unspecified atom stereocenters. The highest BCUT2D eigenvalue weighted by atomic mass is 16.3. The first-order chi connectivity index (χ1) is 16.0. The summed E-state index contributed by atoms with van der Waals surface area (Å²) in [6.45, 7) is 12.1. The normalized spacial score (nSPS) is 11.1. The Kier molecular flexibility index (Phi) is 5.78. The Bertz CT molecular complexity index is 1370. The van der Waals surface area contributed by atoms with E-state index in [1.807, 2.05) is 77.1 Å². The molecule has 4 aromatic carbocycles. The van der Waals surface area contributed by atoms with Gasteiger partial charge in [0.15, 0.2) is 0 Å². The largest absolute Gasteiger partial charge is 0.507 e. The maximum Gasteiger partial charge on any atom is 0.131 e. The van der Waals surface area contributed by atoms with Gasteiger partial charge in [0.2, 0.25) is 0 Å². The summed E-state index contributed by atoms with van der Waals surface area (Å²) in [5.41, 5.74) is 32.8. The number of rotatable bonds is 3. The van der Waals surface area contributed by atoms with E-state index in [-0.39, 0.29) is 5.75 Å². The lowest BCUT2D eigenvalue weighted by Gasteiger charge is -2.20. The van der Waals surface area contributed by atoms with Crippen molar-refractivity contribution < 1.29 is 5.11 Å². The maximum absolute atomic E-state index is 11.6. The third kappa shape index (κ3) is 3.65. The quantitative estimate of drug-likeness (QED) is 0.252. The molecule has 4 rings (SSSR count). The Hall–Kier alpha value is -3.92. The Balaban J connectivity index is 2.11. The minimum absolute atomic E-state index is 0.149. The van der Waals surface area contributed by atoms with Gasteiger partial charge in [-0.1, -0.05) is 36.4 Å². The zero-order valence-corrected chi connectivity index (χ0v) is 20.8. The third-order valence-electron chi connectivity index (χ3n) is 7.36. The van der Waals surface area contributed by atoms with Crippen molar-refractivity contribution in [3.8, 4) is 39.1 Å². The van der Waals surface area contributed by atoms with Crippen molar-refractivity contribution in [3.05, 3.63) is 81.9 Å². The maximum atomic E-state index is 11.6. The van der Waals surface area contributed by atoms with Crippen LogP contribution in [0.3, 0.4) is 0 Å². The van der Waals surface area contributed by atoms with Gasteiger partial charge in [0, 0.05) is 44.9 Å². The predicted molar refractivity (Wildman–Crippen MR) is 146 cm³/mol. The lowest BCUT2D eigenvalue weighted by Crippen LogP contribution is -2.00. The summed E-state index contributed by atoms with van der Waals surface area (Å²) < 4.78 is 0. The van der Waals surface area contributed by atoms with Gasteiger partial charge in [0.05, 0.1) is 0 Å². The van der Waals surface area contributed by atoms with E-state index in [1.54, 1.807) is 0 Å². The number of benzene rings is 4. The second-order valence-electron chi connectivity index (χ2n) is 9.33. The number of aromatic hydroxyl groups is 1. The van der Waals surface area contributed by atoms with E-state index in [1.165, 1.54) is 0 Å². The molecule has 0 bridgehead atoms. The second kappa shape index (κ2) is 8.45. The number of aryl methyl sites for hydroxylation is 3. The van der Waals surface area contributed by atoms with E-state index in [4.69, 9.17) is 17.2 Å². The average Bonchev–Trinajstić information content (AvgIpc) is 2.81. The number of nitrogen functional groups attached to an aromatic ring is 3. The van der Waals surface area contributed by atoms with E-state index >= 15 is 0 Å². The first-order valence-corrected chi connectivity index (χ1v) is 11.5. The monoisotopic (exact) mass is 451 g/mol. The fraction of sp³-hybridized carbons (Fsp3) is 0.200. The fourth-order valence-electron chi connectivity index (χ4n) is 4.43. The molecule has 174 valence electrons.